The van der Waals surface area contributed by atoms with Gasteiger partial charge in [-0.1, -0.05) is 18.2 Å². The third-order valence-electron chi connectivity index (χ3n) is 3.26. The summed E-state index contributed by atoms with van der Waals surface area (Å²) < 4.78 is 17.3. The first-order chi connectivity index (χ1) is 11.1. The molecular weight excluding hydrogens is 302 g/mol. The first-order valence-corrected chi connectivity index (χ1v) is 6.97. The quantitative estimate of drug-likeness (QED) is 0.821. The number of carbonyl (C=O) groups is 1. The number of hydrogen-bond donors (Lipinski definition) is 1. The van der Waals surface area contributed by atoms with Crippen LogP contribution in [0.2, 0.25) is 0 Å². The monoisotopic (exact) mass is 317 g/mol. The minimum absolute atomic E-state index is 0.0681. The van der Waals surface area contributed by atoms with E-state index >= 15 is 0 Å². The van der Waals surface area contributed by atoms with Crippen LogP contribution in [0.3, 0.4) is 0 Å². The van der Waals surface area contributed by atoms with Crippen LogP contribution in [0.4, 0.5) is 5.82 Å². The van der Waals surface area contributed by atoms with Crippen molar-refractivity contribution in [1.82, 2.24) is 9.55 Å². The van der Waals surface area contributed by atoms with Gasteiger partial charge in [-0.15, -0.1) is 0 Å². The number of ether oxygens (including phenoxy) is 3. The van der Waals surface area contributed by atoms with Crippen molar-refractivity contribution >= 4 is 11.8 Å². The molecule has 2 aromatic rings. The van der Waals surface area contributed by atoms with Gasteiger partial charge in [0.05, 0.1) is 12.2 Å². The summed E-state index contributed by atoms with van der Waals surface area (Å²) in [5.41, 5.74) is 5.35. The van der Waals surface area contributed by atoms with Crippen molar-refractivity contribution in [2.24, 2.45) is 0 Å². The number of nitrogen functional groups attached to an aromatic ring is 1. The topological polar surface area (TPSA) is 106 Å². The van der Waals surface area contributed by atoms with Crippen molar-refractivity contribution in [2.45, 2.75) is 12.5 Å². The smallest absolute Gasteiger partial charge is 0.351 e. The molecule has 2 unspecified atom stereocenters. The van der Waals surface area contributed by atoms with Crippen LogP contribution in [0.1, 0.15) is 16.6 Å². The summed E-state index contributed by atoms with van der Waals surface area (Å²) in [5, 5.41) is 0. The average Bonchev–Trinajstić information content (AvgIpc) is 3.02. The fourth-order valence-electron chi connectivity index (χ4n) is 2.12. The number of benzene rings is 1. The van der Waals surface area contributed by atoms with Crippen molar-refractivity contribution < 1.29 is 19.0 Å². The third kappa shape index (κ3) is 3.55. The number of anilines is 1. The lowest BCUT2D eigenvalue weighted by Crippen LogP contribution is -2.29. The first kappa shape index (κ1) is 15.2. The largest absolute Gasteiger partial charge is 0.457 e. The molecule has 1 saturated heterocycles. The molecule has 0 amide bonds. The van der Waals surface area contributed by atoms with E-state index in [9.17, 15) is 9.59 Å². The summed E-state index contributed by atoms with van der Waals surface area (Å²) in [6.45, 7) is 0.0838. The summed E-state index contributed by atoms with van der Waals surface area (Å²) in [4.78, 5) is 27.2. The van der Waals surface area contributed by atoms with Crippen LogP contribution in [0, 0.1) is 0 Å². The van der Waals surface area contributed by atoms with Crippen molar-refractivity contribution in [3.8, 4) is 0 Å². The van der Waals surface area contributed by atoms with E-state index in [1.165, 1.54) is 16.8 Å². The predicted molar refractivity (Wildman–Crippen MR) is 79.5 cm³/mol. The second-order valence-corrected chi connectivity index (χ2v) is 4.86. The van der Waals surface area contributed by atoms with Crippen molar-refractivity contribution in [1.29, 1.82) is 0 Å². The van der Waals surface area contributed by atoms with E-state index < -0.39 is 24.2 Å². The molecule has 8 heteroatoms. The average molecular weight is 317 g/mol. The number of rotatable bonds is 4. The molecule has 1 aromatic heterocycles. The Balaban J connectivity index is 1.56. The highest BCUT2D eigenvalue weighted by Crippen LogP contribution is 2.20. The molecule has 1 fully saturated rings. The first-order valence-electron chi connectivity index (χ1n) is 6.97. The Hall–Kier alpha value is -2.71. The lowest BCUT2D eigenvalue weighted by Gasteiger charge is -2.13. The molecule has 8 nitrogen and oxygen atoms in total. The highest BCUT2D eigenvalue weighted by Gasteiger charge is 2.29. The number of carbonyl (C=O) groups excluding carboxylic acids is 1. The fourth-order valence-corrected chi connectivity index (χ4v) is 2.12. The number of esters is 1. The lowest BCUT2D eigenvalue weighted by atomic mass is 10.2. The molecule has 1 aromatic carbocycles. The van der Waals surface area contributed by atoms with Gasteiger partial charge in [-0.05, 0) is 18.2 Å². The summed E-state index contributed by atoms with van der Waals surface area (Å²) in [7, 11) is 0. The zero-order valence-electron chi connectivity index (χ0n) is 12.1. The van der Waals surface area contributed by atoms with Gasteiger partial charge in [0.2, 0.25) is 0 Å². The van der Waals surface area contributed by atoms with Gasteiger partial charge < -0.3 is 19.9 Å². The number of hydrogen-bond acceptors (Lipinski definition) is 7. The van der Waals surface area contributed by atoms with Crippen LogP contribution >= 0.6 is 0 Å². The van der Waals surface area contributed by atoms with Crippen LogP contribution < -0.4 is 11.4 Å². The van der Waals surface area contributed by atoms with Crippen LogP contribution in [0.15, 0.2) is 47.4 Å². The zero-order chi connectivity index (χ0) is 16.2. The van der Waals surface area contributed by atoms with Gasteiger partial charge in [-0.2, -0.15) is 4.98 Å². The molecule has 1 aliphatic heterocycles. The maximum atomic E-state index is 11.8. The van der Waals surface area contributed by atoms with Crippen LogP contribution in [-0.2, 0) is 14.2 Å². The Morgan fingerprint density at radius 2 is 2.13 bits per heavy atom. The second-order valence-electron chi connectivity index (χ2n) is 4.86. The van der Waals surface area contributed by atoms with Crippen LogP contribution in [-0.4, -0.2) is 35.0 Å². The standard InChI is InChI=1S/C15H15N3O5/c16-11-6-7-18(15(20)17-11)12-8-21-13(23-12)9-22-14(19)10-4-2-1-3-5-10/h1-7,12-13H,8-9H2,(H2,16,17,20). The van der Waals surface area contributed by atoms with Gasteiger partial charge in [0.1, 0.15) is 12.4 Å². The minimum Gasteiger partial charge on any atom is -0.457 e. The Bertz CT molecular complexity index is 746. The molecule has 120 valence electrons. The summed E-state index contributed by atoms with van der Waals surface area (Å²) in [6, 6.07) is 10.1. The fraction of sp³-hybridized carbons (Fsp3) is 0.267. The summed E-state index contributed by atoms with van der Waals surface area (Å²) in [5.74, 6) is -0.328. The molecule has 0 radical (unpaired) electrons. The molecule has 0 spiro atoms. The number of nitrogens with zero attached hydrogens (tertiary/aromatic N) is 2. The molecule has 2 N–H and O–H groups in total. The van der Waals surface area contributed by atoms with Crippen LogP contribution in [0.25, 0.3) is 0 Å². The molecule has 2 atom stereocenters. The van der Waals surface area contributed by atoms with E-state index in [1.54, 1.807) is 24.3 Å². The highest BCUT2D eigenvalue weighted by molar-refractivity contribution is 5.89. The van der Waals surface area contributed by atoms with Crippen LogP contribution in [0.5, 0.6) is 0 Å². The predicted octanol–water partition coefficient (Wildman–Crippen LogP) is 0.554. The molecule has 23 heavy (non-hydrogen) atoms. The van der Waals surface area contributed by atoms with Gasteiger partial charge in [-0.3, -0.25) is 4.57 Å². The van der Waals surface area contributed by atoms with Crippen molar-refractivity contribution in [3.63, 3.8) is 0 Å². The van der Waals surface area contributed by atoms with Crippen molar-refractivity contribution in [2.75, 3.05) is 18.9 Å². The Labute approximate surface area is 131 Å². The van der Waals surface area contributed by atoms with Gasteiger partial charge >= 0.3 is 11.7 Å². The van der Waals surface area contributed by atoms with Gasteiger partial charge in [-0.25, -0.2) is 9.59 Å². The normalized spacial score (nSPS) is 20.3. The minimum atomic E-state index is -0.739. The zero-order valence-corrected chi connectivity index (χ0v) is 12.1. The van der Waals surface area contributed by atoms with E-state index in [0.29, 0.717) is 5.56 Å². The summed E-state index contributed by atoms with van der Waals surface area (Å²) in [6.07, 6.45) is 0.116. The molecule has 1 aliphatic rings. The third-order valence-corrected chi connectivity index (χ3v) is 3.26. The van der Waals surface area contributed by atoms with E-state index in [4.69, 9.17) is 19.9 Å². The molecule has 3 rings (SSSR count). The Morgan fingerprint density at radius 1 is 1.35 bits per heavy atom. The van der Waals surface area contributed by atoms with Gasteiger partial charge in [0.25, 0.3) is 0 Å². The number of nitrogens with two attached hydrogens (primary N) is 1. The SMILES string of the molecule is Nc1ccn(C2COC(COC(=O)c3ccccc3)O2)c(=O)n1. The highest BCUT2D eigenvalue weighted by atomic mass is 16.7. The Kier molecular flexibility index (Phi) is 4.35. The van der Waals surface area contributed by atoms with Crippen molar-refractivity contribution in [3.05, 3.63) is 58.6 Å². The van der Waals surface area contributed by atoms with E-state index in [-0.39, 0.29) is 19.0 Å². The van der Waals surface area contributed by atoms with E-state index in [2.05, 4.69) is 4.98 Å². The Morgan fingerprint density at radius 3 is 2.87 bits per heavy atom. The molecular formula is C15H15N3O5. The molecule has 0 bridgehead atoms. The second kappa shape index (κ2) is 6.59. The van der Waals surface area contributed by atoms with Gasteiger partial charge in [0, 0.05) is 6.20 Å². The molecule has 0 saturated carbocycles. The maximum Gasteiger partial charge on any atom is 0.351 e. The lowest BCUT2D eigenvalue weighted by molar-refractivity contribution is -0.103. The van der Waals surface area contributed by atoms with Gasteiger partial charge in [0.15, 0.2) is 12.5 Å². The molecule has 2 heterocycles. The number of aromatic nitrogens is 2. The molecule has 0 aliphatic carbocycles. The maximum absolute atomic E-state index is 11.8. The van der Waals surface area contributed by atoms with E-state index in [0.717, 1.165) is 0 Å². The van der Waals surface area contributed by atoms with E-state index in [1.807, 2.05) is 6.07 Å². The summed E-state index contributed by atoms with van der Waals surface area (Å²) >= 11 is 0.